The number of amides is 3. The van der Waals surface area contributed by atoms with E-state index in [9.17, 15) is 28.8 Å². The van der Waals surface area contributed by atoms with Crippen molar-refractivity contribution in [3.63, 3.8) is 0 Å². The third-order valence-corrected chi connectivity index (χ3v) is 10.5. The SMILES string of the molecule is C/C=C(\NC(=O)C1C=NC(CNC(=O)OC(C)(C)C)=N1)C(=O)N[C@H](C(=O)O[C@H](/C=C/CCSC(=O)CCCCCCC)CC(=O)OCC[Si](C)(C)C)C(C)C. The summed E-state index contributed by atoms with van der Waals surface area (Å²) >= 11 is 1.27. The molecule has 1 aliphatic rings. The zero-order valence-electron chi connectivity index (χ0n) is 34.6. The Hall–Kier alpha value is -3.79. The highest BCUT2D eigenvalue weighted by atomic mass is 32.2. The van der Waals surface area contributed by atoms with Crippen molar-refractivity contribution in [1.82, 2.24) is 16.0 Å². The summed E-state index contributed by atoms with van der Waals surface area (Å²) in [6.45, 7) is 19.1. The van der Waals surface area contributed by atoms with Crippen LogP contribution in [0.15, 0.2) is 33.9 Å². The number of rotatable bonds is 24. The number of thioether (sulfide) groups is 1. The van der Waals surface area contributed by atoms with Gasteiger partial charge in [-0.15, -0.1) is 0 Å². The Morgan fingerprint density at radius 3 is 2.35 bits per heavy atom. The lowest BCUT2D eigenvalue weighted by molar-refractivity contribution is -0.156. The van der Waals surface area contributed by atoms with E-state index in [0.29, 0.717) is 18.6 Å². The van der Waals surface area contributed by atoms with Crippen molar-refractivity contribution in [2.75, 3.05) is 18.9 Å². The lowest BCUT2D eigenvalue weighted by Gasteiger charge is -2.24. The number of hydrogen-bond acceptors (Lipinski definition) is 12. The monoisotopic (exact) mass is 807 g/mol. The second-order valence-corrected chi connectivity index (χ2v) is 22.6. The first-order valence-corrected chi connectivity index (χ1v) is 24.0. The number of unbranched alkanes of at least 4 members (excludes halogenated alkanes) is 4. The van der Waals surface area contributed by atoms with Crippen molar-refractivity contribution in [3.8, 4) is 0 Å². The first kappa shape index (κ1) is 49.2. The molecule has 0 saturated carbocycles. The van der Waals surface area contributed by atoms with Crippen molar-refractivity contribution in [1.29, 1.82) is 0 Å². The van der Waals surface area contributed by atoms with Crippen LogP contribution in [0.5, 0.6) is 0 Å². The Balaban J connectivity index is 2.88. The number of esters is 2. The molecule has 310 valence electrons. The van der Waals surface area contributed by atoms with Crippen molar-refractivity contribution in [3.05, 3.63) is 23.9 Å². The zero-order chi connectivity index (χ0) is 41.6. The molecule has 0 fully saturated rings. The summed E-state index contributed by atoms with van der Waals surface area (Å²) in [6.07, 6.45) is 10.7. The summed E-state index contributed by atoms with van der Waals surface area (Å²) in [6, 6.07) is -1.38. The molecule has 0 saturated heterocycles. The summed E-state index contributed by atoms with van der Waals surface area (Å²) in [5.74, 6) is -2.33. The molecule has 1 aliphatic heterocycles. The van der Waals surface area contributed by atoms with Crippen LogP contribution in [0.3, 0.4) is 0 Å². The summed E-state index contributed by atoms with van der Waals surface area (Å²) in [5, 5.41) is 7.84. The van der Waals surface area contributed by atoms with Crippen LogP contribution in [0.2, 0.25) is 25.7 Å². The topological polar surface area (TPSA) is 191 Å². The first-order valence-electron chi connectivity index (χ1n) is 19.3. The predicted molar refractivity (Wildman–Crippen MR) is 221 cm³/mol. The maximum absolute atomic E-state index is 13.5. The number of carbonyl (C=O) groups excluding carboxylic acids is 6. The molecule has 14 nitrogen and oxygen atoms in total. The predicted octanol–water partition coefficient (Wildman–Crippen LogP) is 6.27. The van der Waals surface area contributed by atoms with E-state index in [1.807, 2.05) is 0 Å². The number of allylic oxidation sites excluding steroid dienone is 2. The fourth-order valence-corrected chi connectivity index (χ4v) is 6.23. The molecule has 0 bridgehead atoms. The molecular formula is C39H65N5O9SSi. The second-order valence-electron chi connectivity index (χ2n) is 15.8. The van der Waals surface area contributed by atoms with Gasteiger partial charge >= 0.3 is 18.0 Å². The highest BCUT2D eigenvalue weighted by molar-refractivity contribution is 8.13. The van der Waals surface area contributed by atoms with E-state index in [1.165, 1.54) is 30.5 Å². The van der Waals surface area contributed by atoms with Crippen molar-refractivity contribution < 1.29 is 43.0 Å². The largest absolute Gasteiger partial charge is 0.466 e. The molecule has 3 amide bonds. The maximum Gasteiger partial charge on any atom is 0.408 e. The van der Waals surface area contributed by atoms with Crippen molar-refractivity contribution in [2.24, 2.45) is 15.9 Å². The van der Waals surface area contributed by atoms with Crippen LogP contribution in [0, 0.1) is 5.92 Å². The highest BCUT2D eigenvalue weighted by Crippen LogP contribution is 2.16. The van der Waals surface area contributed by atoms with Gasteiger partial charge in [-0.1, -0.05) is 90.0 Å². The van der Waals surface area contributed by atoms with Gasteiger partial charge in [-0.25, -0.2) is 19.6 Å². The highest BCUT2D eigenvalue weighted by Gasteiger charge is 2.31. The average Bonchev–Trinajstić information content (AvgIpc) is 3.56. The molecule has 55 heavy (non-hydrogen) atoms. The molecule has 16 heteroatoms. The van der Waals surface area contributed by atoms with Crippen LogP contribution in [-0.2, 0) is 38.2 Å². The summed E-state index contributed by atoms with van der Waals surface area (Å²) in [5.41, 5.74) is -0.806. The fourth-order valence-electron chi connectivity index (χ4n) is 4.75. The van der Waals surface area contributed by atoms with Crippen molar-refractivity contribution in [2.45, 2.75) is 149 Å². The first-order chi connectivity index (χ1) is 25.7. The van der Waals surface area contributed by atoms with E-state index in [2.05, 4.69) is 52.5 Å². The number of amidine groups is 1. The number of carbonyl (C=O) groups is 6. The number of aliphatic imine (C=N–C) groups is 2. The Morgan fingerprint density at radius 1 is 1.04 bits per heavy atom. The van der Waals surface area contributed by atoms with Crippen molar-refractivity contribution >= 4 is 66.8 Å². The fraction of sp³-hybridized carbons (Fsp3) is 0.692. The Bertz CT molecular complexity index is 1420. The number of nitrogens with one attached hydrogen (secondary N) is 3. The quantitative estimate of drug-likeness (QED) is 0.0250. The second kappa shape index (κ2) is 25.4. The minimum Gasteiger partial charge on any atom is -0.466 e. The number of alkyl carbamates (subject to hydrolysis) is 1. The molecule has 0 radical (unpaired) electrons. The minimum atomic E-state index is -1.44. The van der Waals surface area contributed by atoms with Crippen LogP contribution in [-0.4, -0.2) is 97.8 Å². The Labute approximate surface area is 332 Å². The molecular weight excluding hydrogens is 743 g/mol. The molecule has 0 aromatic heterocycles. The molecule has 1 unspecified atom stereocenters. The van der Waals surface area contributed by atoms with E-state index in [0.717, 1.165) is 31.7 Å². The third-order valence-electron chi connectivity index (χ3n) is 7.84. The molecule has 0 spiro atoms. The molecule has 0 aliphatic carbocycles. The molecule has 3 N–H and O–H groups in total. The van der Waals surface area contributed by atoms with E-state index in [1.54, 1.807) is 53.7 Å². The maximum atomic E-state index is 13.5. The Morgan fingerprint density at radius 2 is 1.73 bits per heavy atom. The van der Waals surface area contributed by atoms with Gasteiger partial charge in [0.05, 0.1) is 19.6 Å². The van der Waals surface area contributed by atoms with Crippen LogP contribution < -0.4 is 16.0 Å². The van der Waals surface area contributed by atoms with Crippen LogP contribution >= 0.6 is 11.8 Å². The average molecular weight is 808 g/mol. The van der Waals surface area contributed by atoms with Crippen LogP contribution in [0.1, 0.15) is 99.8 Å². The van der Waals surface area contributed by atoms with Gasteiger partial charge in [0.15, 0.2) is 11.2 Å². The number of hydrogen-bond donors (Lipinski definition) is 3. The van der Waals surface area contributed by atoms with E-state index in [4.69, 9.17) is 14.2 Å². The summed E-state index contributed by atoms with van der Waals surface area (Å²) in [7, 11) is -1.44. The van der Waals surface area contributed by atoms with E-state index < -0.39 is 67.6 Å². The molecule has 0 aromatic carbocycles. The van der Waals surface area contributed by atoms with E-state index >= 15 is 0 Å². The normalized spacial score (nSPS) is 15.7. The third kappa shape index (κ3) is 23.0. The van der Waals surface area contributed by atoms with Gasteiger partial charge in [-0.2, -0.15) is 0 Å². The van der Waals surface area contributed by atoms with Gasteiger partial charge in [-0.05, 0) is 58.6 Å². The standard InChI is InChI=1S/C39H65N5O9SSi/c1-11-13-14-15-16-20-33(46)54-22-18-17-19-28(24-32(45)51-21-23-55(8,9)10)52-37(49)34(27(3)4)44-35(47)29(12-2)43-36(48)30-25-40-31(42-30)26-41-38(50)53-39(5,6)7/h12,17,19,25,27-28,30,34H,11,13-16,18,20-24,26H2,1-10H3,(H,41,50)(H,43,48)(H,44,47)/b19-17+,29-12-/t28-,30?,34+/m1/s1. The number of ether oxygens (including phenoxy) is 3. The smallest absolute Gasteiger partial charge is 0.408 e. The van der Waals surface area contributed by atoms with E-state index in [-0.39, 0.29) is 36.2 Å². The molecule has 1 rings (SSSR count). The van der Waals surface area contributed by atoms with Gasteiger partial charge in [-0.3, -0.25) is 19.2 Å². The molecule has 3 atom stereocenters. The summed E-state index contributed by atoms with van der Waals surface area (Å²) in [4.78, 5) is 85.1. The lowest BCUT2D eigenvalue weighted by atomic mass is 10.0. The zero-order valence-corrected chi connectivity index (χ0v) is 36.4. The number of nitrogens with zero attached hydrogens (tertiary/aromatic N) is 2. The van der Waals surface area contributed by atoms with Gasteiger partial charge < -0.3 is 30.2 Å². The van der Waals surface area contributed by atoms with Crippen LogP contribution in [0.4, 0.5) is 4.79 Å². The molecule has 1 heterocycles. The van der Waals surface area contributed by atoms with Gasteiger partial charge in [0.25, 0.3) is 11.8 Å². The van der Waals surface area contributed by atoms with Gasteiger partial charge in [0.1, 0.15) is 29.3 Å². The lowest BCUT2D eigenvalue weighted by Crippen LogP contribution is -2.49. The summed E-state index contributed by atoms with van der Waals surface area (Å²) < 4.78 is 16.4. The van der Waals surface area contributed by atoms with Crippen LogP contribution in [0.25, 0.3) is 0 Å². The minimum absolute atomic E-state index is 0.0609. The molecule has 0 aromatic rings. The Kier molecular flexibility index (Phi) is 22.7. The van der Waals surface area contributed by atoms with Gasteiger partial charge in [0, 0.05) is 26.5 Å². The van der Waals surface area contributed by atoms with Gasteiger partial charge in [0.2, 0.25) is 0 Å².